The van der Waals surface area contributed by atoms with Crippen molar-refractivity contribution in [1.82, 2.24) is 5.32 Å². The van der Waals surface area contributed by atoms with Crippen LogP contribution in [0, 0.1) is 11.8 Å². The zero-order valence-corrected chi connectivity index (χ0v) is 15.1. The SMILES string of the molecule is CCCC/C=C/C=C/[C@H]1CCC[C@H]2N[C@@H](C)[C@@H](OC(=O)CO)C[C@@H]12. The van der Waals surface area contributed by atoms with Crippen LogP contribution in [0.1, 0.15) is 58.8 Å². The van der Waals surface area contributed by atoms with Gasteiger partial charge in [0.15, 0.2) is 0 Å². The molecule has 0 aromatic heterocycles. The third kappa shape index (κ3) is 5.45. The highest BCUT2D eigenvalue weighted by Gasteiger charge is 2.41. The van der Waals surface area contributed by atoms with Crippen LogP contribution >= 0.6 is 0 Å². The van der Waals surface area contributed by atoms with E-state index in [2.05, 4.69) is 43.5 Å². The average Bonchev–Trinajstić information content (AvgIpc) is 2.58. The van der Waals surface area contributed by atoms with E-state index < -0.39 is 12.6 Å². The van der Waals surface area contributed by atoms with Gasteiger partial charge in [0, 0.05) is 12.1 Å². The summed E-state index contributed by atoms with van der Waals surface area (Å²) in [5.74, 6) is 0.524. The summed E-state index contributed by atoms with van der Waals surface area (Å²) in [7, 11) is 0. The van der Waals surface area contributed by atoms with Crippen LogP contribution in [-0.2, 0) is 9.53 Å². The zero-order chi connectivity index (χ0) is 17.4. The van der Waals surface area contributed by atoms with Crippen molar-refractivity contribution in [1.29, 1.82) is 0 Å². The fourth-order valence-electron chi connectivity index (χ4n) is 4.06. The van der Waals surface area contributed by atoms with Crippen LogP contribution in [0.2, 0.25) is 0 Å². The van der Waals surface area contributed by atoms with E-state index in [9.17, 15) is 4.79 Å². The van der Waals surface area contributed by atoms with Gasteiger partial charge in [0.05, 0.1) is 0 Å². The van der Waals surface area contributed by atoms with E-state index in [1.54, 1.807) is 0 Å². The molecule has 2 aliphatic rings. The molecule has 4 nitrogen and oxygen atoms in total. The number of ether oxygens (including phenoxy) is 1. The molecule has 2 N–H and O–H groups in total. The average molecular weight is 335 g/mol. The molecule has 0 aromatic rings. The highest BCUT2D eigenvalue weighted by Crippen LogP contribution is 2.38. The molecular formula is C20H33NO3. The summed E-state index contributed by atoms with van der Waals surface area (Å²) in [6.45, 7) is 3.74. The number of carbonyl (C=O) groups is 1. The molecule has 136 valence electrons. The standard InChI is InChI=1S/C20H33NO3/c1-3-4-5-6-7-8-10-16-11-9-12-18-17(16)13-19(15(2)21-18)24-20(23)14-22/h6-8,10,15-19,21-22H,3-5,9,11-14H2,1-2H3/b7-6+,10-8+/t15-,16-,17-,18+,19-/m0/s1. The Balaban J connectivity index is 1.94. The van der Waals surface area contributed by atoms with Gasteiger partial charge in [-0.15, -0.1) is 0 Å². The topological polar surface area (TPSA) is 58.6 Å². The summed E-state index contributed by atoms with van der Waals surface area (Å²) < 4.78 is 5.43. The molecule has 0 unspecified atom stereocenters. The molecule has 1 heterocycles. The van der Waals surface area contributed by atoms with E-state index in [1.165, 1.54) is 32.1 Å². The fraction of sp³-hybridized carbons (Fsp3) is 0.750. The maximum absolute atomic E-state index is 11.4. The Morgan fingerprint density at radius 2 is 2.17 bits per heavy atom. The van der Waals surface area contributed by atoms with Crippen LogP contribution in [-0.4, -0.2) is 35.9 Å². The molecule has 0 bridgehead atoms. The normalized spacial score (nSPS) is 33.7. The van der Waals surface area contributed by atoms with Crippen LogP contribution in [0.3, 0.4) is 0 Å². The predicted octanol–water partition coefficient (Wildman–Crippen LogP) is 3.36. The Morgan fingerprint density at radius 1 is 1.33 bits per heavy atom. The van der Waals surface area contributed by atoms with E-state index in [4.69, 9.17) is 9.84 Å². The number of aliphatic hydroxyl groups is 1. The first-order chi connectivity index (χ1) is 11.7. The number of piperidine rings is 1. The lowest BCUT2D eigenvalue weighted by Crippen LogP contribution is -2.57. The Kier molecular flexibility index (Phi) is 8.00. The lowest BCUT2D eigenvalue weighted by Gasteiger charge is -2.46. The second-order valence-corrected chi connectivity index (χ2v) is 7.20. The molecule has 1 saturated carbocycles. The van der Waals surface area contributed by atoms with Crippen molar-refractivity contribution in [3.8, 4) is 0 Å². The van der Waals surface area contributed by atoms with Crippen LogP contribution in [0.4, 0.5) is 0 Å². The predicted molar refractivity (Wildman–Crippen MR) is 96.6 cm³/mol. The number of hydrogen-bond acceptors (Lipinski definition) is 4. The van der Waals surface area contributed by atoms with Gasteiger partial charge in [-0.25, -0.2) is 4.79 Å². The quantitative estimate of drug-likeness (QED) is 0.425. The van der Waals surface area contributed by atoms with Crippen molar-refractivity contribution in [3.05, 3.63) is 24.3 Å². The summed E-state index contributed by atoms with van der Waals surface area (Å²) in [6.07, 6.45) is 17.0. The first-order valence-electron chi connectivity index (χ1n) is 9.55. The monoisotopic (exact) mass is 335 g/mol. The third-order valence-electron chi connectivity index (χ3n) is 5.40. The van der Waals surface area contributed by atoms with Crippen LogP contribution in [0.5, 0.6) is 0 Å². The van der Waals surface area contributed by atoms with Gasteiger partial charge in [0.2, 0.25) is 0 Å². The molecule has 0 radical (unpaired) electrons. The van der Waals surface area contributed by atoms with Crippen molar-refractivity contribution in [2.45, 2.75) is 77.0 Å². The zero-order valence-electron chi connectivity index (χ0n) is 15.1. The number of nitrogens with one attached hydrogen (secondary N) is 1. The molecule has 0 aromatic carbocycles. The Bertz CT molecular complexity index is 446. The van der Waals surface area contributed by atoms with Crippen molar-refractivity contribution in [2.24, 2.45) is 11.8 Å². The molecule has 0 spiro atoms. The first kappa shape index (κ1) is 19.2. The largest absolute Gasteiger partial charge is 0.459 e. The number of allylic oxidation sites excluding steroid dienone is 4. The minimum absolute atomic E-state index is 0.139. The third-order valence-corrected chi connectivity index (χ3v) is 5.40. The van der Waals surface area contributed by atoms with Gasteiger partial charge < -0.3 is 15.2 Å². The Hall–Kier alpha value is -1.13. The van der Waals surface area contributed by atoms with Gasteiger partial charge in [-0.1, -0.05) is 50.5 Å². The van der Waals surface area contributed by atoms with Crippen LogP contribution < -0.4 is 5.32 Å². The van der Waals surface area contributed by atoms with E-state index in [1.807, 2.05) is 0 Å². The molecule has 0 amide bonds. The van der Waals surface area contributed by atoms with Gasteiger partial charge in [-0.3, -0.25) is 0 Å². The number of rotatable bonds is 7. The van der Waals surface area contributed by atoms with Crippen molar-refractivity contribution < 1.29 is 14.6 Å². The van der Waals surface area contributed by atoms with Crippen molar-refractivity contribution >= 4 is 5.97 Å². The number of aliphatic hydroxyl groups excluding tert-OH is 1. The van der Waals surface area contributed by atoms with E-state index >= 15 is 0 Å². The van der Waals surface area contributed by atoms with Crippen molar-refractivity contribution in [2.75, 3.05) is 6.61 Å². The van der Waals surface area contributed by atoms with E-state index in [-0.39, 0.29) is 12.1 Å². The van der Waals surface area contributed by atoms with Crippen LogP contribution in [0.25, 0.3) is 0 Å². The molecule has 24 heavy (non-hydrogen) atoms. The lowest BCUT2D eigenvalue weighted by molar-refractivity contribution is -0.157. The minimum Gasteiger partial charge on any atom is -0.459 e. The summed E-state index contributed by atoms with van der Waals surface area (Å²) in [4.78, 5) is 11.4. The molecular weight excluding hydrogens is 302 g/mol. The second-order valence-electron chi connectivity index (χ2n) is 7.20. The first-order valence-corrected chi connectivity index (χ1v) is 9.55. The summed E-state index contributed by atoms with van der Waals surface area (Å²) in [5.41, 5.74) is 0. The van der Waals surface area contributed by atoms with Gasteiger partial charge >= 0.3 is 5.97 Å². The highest BCUT2D eigenvalue weighted by molar-refractivity contribution is 5.70. The number of fused-ring (bicyclic) bond motifs is 1. The van der Waals surface area contributed by atoms with Gasteiger partial charge in [0.25, 0.3) is 0 Å². The minimum atomic E-state index is -0.538. The molecule has 1 saturated heterocycles. The number of carbonyl (C=O) groups excluding carboxylic acids is 1. The Labute approximate surface area is 146 Å². The summed E-state index contributed by atoms with van der Waals surface area (Å²) >= 11 is 0. The van der Waals surface area contributed by atoms with Crippen molar-refractivity contribution in [3.63, 3.8) is 0 Å². The highest BCUT2D eigenvalue weighted by atomic mass is 16.6. The number of esters is 1. The molecule has 4 heteroatoms. The number of unbranched alkanes of at least 4 members (excludes halogenated alkanes) is 2. The molecule has 5 atom stereocenters. The molecule has 2 fully saturated rings. The molecule has 1 aliphatic heterocycles. The maximum Gasteiger partial charge on any atom is 0.332 e. The van der Waals surface area contributed by atoms with Gasteiger partial charge in [-0.2, -0.15) is 0 Å². The summed E-state index contributed by atoms with van der Waals surface area (Å²) in [6, 6.07) is 0.662. The second kappa shape index (κ2) is 10.00. The Morgan fingerprint density at radius 3 is 2.92 bits per heavy atom. The van der Waals surface area contributed by atoms with Gasteiger partial charge in [-0.05, 0) is 44.4 Å². The molecule has 2 rings (SSSR count). The van der Waals surface area contributed by atoms with Crippen LogP contribution in [0.15, 0.2) is 24.3 Å². The number of hydrogen-bond donors (Lipinski definition) is 2. The summed E-state index contributed by atoms with van der Waals surface area (Å²) in [5, 5.41) is 12.6. The fourth-order valence-corrected chi connectivity index (χ4v) is 4.06. The maximum atomic E-state index is 11.4. The molecule has 1 aliphatic carbocycles. The van der Waals surface area contributed by atoms with E-state index in [0.717, 1.165) is 12.8 Å². The van der Waals surface area contributed by atoms with Gasteiger partial charge in [0.1, 0.15) is 12.7 Å². The van der Waals surface area contributed by atoms with E-state index in [0.29, 0.717) is 17.9 Å². The smallest absolute Gasteiger partial charge is 0.332 e. The lowest BCUT2D eigenvalue weighted by atomic mass is 9.70.